The molecule has 3 rings (SSSR count). The highest BCUT2D eigenvalue weighted by Gasteiger charge is 2.54. The molecule has 15 nitrogen and oxygen atoms in total. The van der Waals surface area contributed by atoms with Gasteiger partial charge in [0.1, 0.15) is 18.5 Å². The van der Waals surface area contributed by atoms with Gasteiger partial charge in [0.15, 0.2) is 24.5 Å². The van der Waals surface area contributed by atoms with Crippen molar-refractivity contribution in [3.8, 4) is 0 Å². The van der Waals surface area contributed by atoms with E-state index in [0.717, 1.165) is 27.7 Å². The SMILES string of the molecule is CC(=O)OOC[C@@H]1O[C@H](n2c(C)nc3ccccc32)[C@H](OOC(C)=O)[C@H](OOC(C)=O)[C@H]1OOC(C)=O. The van der Waals surface area contributed by atoms with E-state index in [1.807, 2.05) is 0 Å². The number of carbonyl (C=O) groups is 4. The summed E-state index contributed by atoms with van der Waals surface area (Å²) in [5, 5.41) is 0. The van der Waals surface area contributed by atoms with Crippen molar-refractivity contribution in [3.63, 3.8) is 0 Å². The molecule has 15 heteroatoms. The van der Waals surface area contributed by atoms with Gasteiger partial charge >= 0.3 is 23.9 Å². The zero-order valence-corrected chi connectivity index (χ0v) is 20.6. The minimum absolute atomic E-state index is 0.450. The van der Waals surface area contributed by atoms with Crippen molar-refractivity contribution in [1.29, 1.82) is 0 Å². The van der Waals surface area contributed by atoms with Crippen molar-refractivity contribution in [3.05, 3.63) is 30.1 Å². The summed E-state index contributed by atoms with van der Waals surface area (Å²) < 4.78 is 7.80. The maximum atomic E-state index is 11.6. The molecule has 1 aliphatic rings. The molecule has 0 unspecified atom stereocenters. The molecule has 1 saturated heterocycles. The van der Waals surface area contributed by atoms with Crippen molar-refractivity contribution in [2.45, 2.75) is 65.3 Å². The Morgan fingerprint density at radius 1 is 0.811 bits per heavy atom. The average Bonchev–Trinajstić information content (AvgIpc) is 3.15. The number of rotatable bonds is 10. The van der Waals surface area contributed by atoms with Crippen molar-refractivity contribution >= 4 is 34.9 Å². The predicted octanol–water partition coefficient (Wildman–Crippen LogP) is 1.33. The summed E-state index contributed by atoms with van der Waals surface area (Å²) in [6.45, 7) is 5.62. The second-order valence-corrected chi connectivity index (χ2v) is 7.85. The van der Waals surface area contributed by atoms with Crippen LogP contribution in [0.1, 0.15) is 39.7 Å². The Morgan fingerprint density at radius 3 is 1.95 bits per heavy atom. The maximum absolute atomic E-state index is 11.6. The van der Waals surface area contributed by atoms with E-state index in [2.05, 4.69) is 14.8 Å². The summed E-state index contributed by atoms with van der Waals surface area (Å²) in [7, 11) is 0. The lowest BCUT2D eigenvalue weighted by molar-refractivity contribution is -0.445. The molecule has 1 aromatic carbocycles. The van der Waals surface area contributed by atoms with Gasteiger partial charge in [-0.3, -0.25) is 24.1 Å². The second-order valence-electron chi connectivity index (χ2n) is 7.85. The van der Waals surface area contributed by atoms with Crippen molar-refractivity contribution in [1.82, 2.24) is 9.55 Å². The summed E-state index contributed by atoms with van der Waals surface area (Å²) in [5.41, 5.74) is 1.21. The first-order valence-electron chi connectivity index (χ1n) is 11.0. The quantitative estimate of drug-likeness (QED) is 0.321. The van der Waals surface area contributed by atoms with E-state index in [9.17, 15) is 19.2 Å². The van der Waals surface area contributed by atoms with E-state index in [0.29, 0.717) is 16.9 Å². The molecule has 202 valence electrons. The van der Waals surface area contributed by atoms with Crippen LogP contribution in [0.15, 0.2) is 24.3 Å². The zero-order valence-electron chi connectivity index (χ0n) is 20.6. The first-order chi connectivity index (χ1) is 17.6. The molecule has 0 aliphatic carbocycles. The third kappa shape index (κ3) is 7.21. The third-order valence-corrected chi connectivity index (χ3v) is 4.87. The van der Waals surface area contributed by atoms with Crippen LogP contribution < -0.4 is 0 Å². The smallest absolute Gasteiger partial charge is 0.339 e. The lowest BCUT2D eigenvalue weighted by Gasteiger charge is -2.43. The Labute approximate surface area is 210 Å². The Hall–Kier alpha value is -3.63. The van der Waals surface area contributed by atoms with Crippen LogP contribution in [0.2, 0.25) is 0 Å². The van der Waals surface area contributed by atoms with E-state index < -0.39 is 61.1 Å². The van der Waals surface area contributed by atoms with Gasteiger partial charge in [0, 0.05) is 27.7 Å². The summed E-state index contributed by atoms with van der Waals surface area (Å²) in [6.07, 6.45) is -6.61. The van der Waals surface area contributed by atoms with Gasteiger partial charge in [0.05, 0.1) is 11.0 Å². The second kappa shape index (κ2) is 12.6. The van der Waals surface area contributed by atoms with Gasteiger partial charge in [-0.15, -0.1) is 0 Å². The fraction of sp³-hybridized carbons (Fsp3) is 0.500. The fourth-order valence-electron chi connectivity index (χ4n) is 3.61. The molecule has 0 N–H and O–H groups in total. The van der Waals surface area contributed by atoms with Gasteiger partial charge in [-0.25, -0.2) is 24.2 Å². The van der Waals surface area contributed by atoms with Gasteiger partial charge in [0.25, 0.3) is 0 Å². The van der Waals surface area contributed by atoms with Gasteiger partial charge < -0.3 is 4.74 Å². The number of ether oxygens (including phenoxy) is 1. The minimum Gasteiger partial charge on any atom is -0.346 e. The molecule has 0 saturated carbocycles. The standard InChI is InChI=1S/C22H26N2O13/c1-11-23-16-8-6-7-9-17(16)24(11)22-21(37-34-15(5)28)20(36-33-14(4)27)19(35-32-13(3)26)18(30-22)10-29-31-12(2)25/h6-9,18-22H,10H2,1-5H3/t18-,19-,20+,21+,22-/m0/s1. The van der Waals surface area contributed by atoms with E-state index >= 15 is 0 Å². The molecule has 5 atom stereocenters. The Balaban J connectivity index is 2.09. The normalized spacial score (nSPS) is 23.3. The molecule has 1 fully saturated rings. The largest absolute Gasteiger partial charge is 0.346 e. The van der Waals surface area contributed by atoms with Crippen LogP contribution in [0, 0.1) is 6.92 Å². The maximum Gasteiger partial charge on any atom is 0.339 e. The van der Waals surface area contributed by atoms with E-state index in [-0.39, 0.29) is 0 Å². The first kappa shape index (κ1) is 27.9. The molecule has 2 heterocycles. The molecule has 0 amide bonds. The van der Waals surface area contributed by atoms with Crippen LogP contribution >= 0.6 is 0 Å². The van der Waals surface area contributed by atoms with E-state index in [1.54, 1.807) is 35.8 Å². The highest BCUT2D eigenvalue weighted by Crippen LogP contribution is 2.37. The summed E-state index contributed by atoms with van der Waals surface area (Å²) in [4.78, 5) is 90.0. The highest BCUT2D eigenvalue weighted by molar-refractivity contribution is 5.76. The first-order valence-corrected chi connectivity index (χ1v) is 11.0. The molecular weight excluding hydrogens is 500 g/mol. The molecule has 0 spiro atoms. The van der Waals surface area contributed by atoms with Crippen molar-refractivity contribution in [2.24, 2.45) is 0 Å². The molecular formula is C22H26N2O13. The average molecular weight is 526 g/mol. The minimum atomic E-state index is -1.45. The highest BCUT2D eigenvalue weighted by atomic mass is 17.3. The lowest BCUT2D eigenvalue weighted by atomic mass is 9.98. The number of benzene rings is 1. The van der Waals surface area contributed by atoms with Crippen LogP contribution in [-0.2, 0) is 63.0 Å². The van der Waals surface area contributed by atoms with E-state index in [4.69, 9.17) is 34.1 Å². The molecule has 2 aromatic rings. The van der Waals surface area contributed by atoms with E-state index in [1.165, 1.54) is 0 Å². The number of para-hydroxylation sites is 2. The molecule has 1 aliphatic heterocycles. The fourth-order valence-corrected chi connectivity index (χ4v) is 3.61. The lowest BCUT2D eigenvalue weighted by Crippen LogP contribution is -2.59. The Morgan fingerprint density at radius 2 is 1.35 bits per heavy atom. The van der Waals surface area contributed by atoms with Gasteiger partial charge in [-0.2, -0.15) is 19.6 Å². The number of fused-ring (bicyclic) bond motifs is 1. The summed E-state index contributed by atoms with van der Waals surface area (Å²) in [6, 6.07) is 7.09. The number of hydrogen-bond acceptors (Lipinski definition) is 14. The third-order valence-electron chi connectivity index (χ3n) is 4.87. The number of carbonyl (C=O) groups excluding carboxylic acids is 4. The Bertz CT molecular complexity index is 1130. The molecule has 0 radical (unpaired) electrons. The number of imidazole rings is 1. The zero-order chi connectivity index (χ0) is 27.1. The topological polar surface area (TPSA) is 169 Å². The van der Waals surface area contributed by atoms with Gasteiger partial charge in [0.2, 0.25) is 0 Å². The Kier molecular flexibility index (Phi) is 9.48. The summed E-state index contributed by atoms with van der Waals surface area (Å²) in [5.74, 6) is -2.76. The molecule has 1 aromatic heterocycles. The van der Waals surface area contributed by atoms with Crippen molar-refractivity contribution in [2.75, 3.05) is 6.61 Å². The monoisotopic (exact) mass is 526 g/mol. The predicted molar refractivity (Wildman–Crippen MR) is 116 cm³/mol. The van der Waals surface area contributed by atoms with Crippen LogP contribution in [-0.4, -0.2) is 64.5 Å². The van der Waals surface area contributed by atoms with Crippen molar-refractivity contribution < 1.29 is 63.0 Å². The van der Waals surface area contributed by atoms with Crippen LogP contribution in [0.5, 0.6) is 0 Å². The number of nitrogens with zero attached hydrogens (tertiary/aromatic N) is 2. The number of hydrogen-bond donors (Lipinski definition) is 0. The van der Waals surface area contributed by atoms with Crippen LogP contribution in [0.3, 0.4) is 0 Å². The number of aryl methyl sites for hydroxylation is 1. The van der Waals surface area contributed by atoms with Crippen LogP contribution in [0.25, 0.3) is 11.0 Å². The van der Waals surface area contributed by atoms with Gasteiger partial charge in [-0.1, -0.05) is 12.1 Å². The summed E-state index contributed by atoms with van der Waals surface area (Å²) >= 11 is 0. The van der Waals surface area contributed by atoms with Crippen LogP contribution in [0.4, 0.5) is 0 Å². The van der Waals surface area contributed by atoms with Gasteiger partial charge in [-0.05, 0) is 19.1 Å². The molecule has 0 bridgehead atoms. The molecule has 37 heavy (non-hydrogen) atoms. The number of aromatic nitrogens is 2.